The zero-order chi connectivity index (χ0) is 15.5. The molecule has 2 aromatic heterocycles. The fourth-order valence-corrected chi connectivity index (χ4v) is 3.81. The van der Waals surface area contributed by atoms with Crippen molar-refractivity contribution in [2.24, 2.45) is 0 Å². The van der Waals surface area contributed by atoms with E-state index in [0.717, 1.165) is 36.8 Å². The Labute approximate surface area is 133 Å². The van der Waals surface area contributed by atoms with Crippen LogP contribution in [0.3, 0.4) is 0 Å². The normalized spacial score (nSPS) is 21.7. The summed E-state index contributed by atoms with van der Waals surface area (Å²) in [4.78, 5) is 12.4. The second kappa shape index (κ2) is 6.58. The molecule has 0 radical (unpaired) electrons. The molecule has 1 fully saturated rings. The lowest BCUT2D eigenvalue weighted by Crippen LogP contribution is -2.43. The second-order valence-electron chi connectivity index (χ2n) is 5.75. The third-order valence-corrected chi connectivity index (χ3v) is 5.07. The molecule has 7 heteroatoms. The number of aliphatic hydroxyl groups is 1. The van der Waals surface area contributed by atoms with Gasteiger partial charge in [0.15, 0.2) is 0 Å². The highest BCUT2D eigenvalue weighted by Gasteiger charge is 2.29. The van der Waals surface area contributed by atoms with Gasteiger partial charge in [-0.1, -0.05) is 18.1 Å². The van der Waals surface area contributed by atoms with Crippen molar-refractivity contribution in [2.45, 2.75) is 51.3 Å². The number of carbonyl (C=O) groups is 1. The van der Waals surface area contributed by atoms with Crippen molar-refractivity contribution in [2.75, 3.05) is 0 Å². The van der Waals surface area contributed by atoms with Gasteiger partial charge in [-0.2, -0.15) is 11.3 Å². The minimum absolute atomic E-state index is 0.0156. The SMILES string of the molecule is Cc1cscc1C(=O)N[C@H]1CCCC[C@H]1n1cc(CO)nn1. The van der Waals surface area contributed by atoms with Gasteiger partial charge in [-0.05, 0) is 30.7 Å². The van der Waals surface area contributed by atoms with Gasteiger partial charge in [0, 0.05) is 5.38 Å². The van der Waals surface area contributed by atoms with Crippen molar-refractivity contribution in [1.82, 2.24) is 20.3 Å². The third kappa shape index (κ3) is 3.05. The molecule has 2 N–H and O–H groups in total. The molecule has 1 amide bonds. The molecule has 1 aliphatic carbocycles. The van der Waals surface area contributed by atoms with E-state index in [1.165, 1.54) is 0 Å². The summed E-state index contributed by atoms with van der Waals surface area (Å²) in [6.07, 6.45) is 5.88. The molecule has 6 nitrogen and oxygen atoms in total. The van der Waals surface area contributed by atoms with Gasteiger partial charge in [0.2, 0.25) is 0 Å². The zero-order valence-electron chi connectivity index (χ0n) is 12.5. The van der Waals surface area contributed by atoms with E-state index in [-0.39, 0.29) is 24.6 Å². The number of aromatic nitrogens is 3. The number of thiophene rings is 1. The number of nitrogens with one attached hydrogen (secondary N) is 1. The summed E-state index contributed by atoms with van der Waals surface area (Å²) in [7, 11) is 0. The van der Waals surface area contributed by atoms with E-state index < -0.39 is 0 Å². The van der Waals surface area contributed by atoms with Gasteiger partial charge in [0.25, 0.3) is 5.91 Å². The summed E-state index contributed by atoms with van der Waals surface area (Å²) in [5.74, 6) is -0.0156. The summed E-state index contributed by atoms with van der Waals surface area (Å²) in [5, 5.41) is 24.2. The quantitative estimate of drug-likeness (QED) is 0.903. The zero-order valence-corrected chi connectivity index (χ0v) is 13.3. The highest BCUT2D eigenvalue weighted by atomic mass is 32.1. The highest BCUT2D eigenvalue weighted by molar-refractivity contribution is 7.08. The molecular formula is C15H20N4O2S. The van der Waals surface area contributed by atoms with E-state index >= 15 is 0 Å². The molecule has 1 saturated carbocycles. The lowest BCUT2D eigenvalue weighted by molar-refractivity contribution is 0.0904. The second-order valence-corrected chi connectivity index (χ2v) is 6.49. The molecule has 118 valence electrons. The summed E-state index contributed by atoms with van der Waals surface area (Å²) in [5.41, 5.74) is 2.33. The maximum absolute atomic E-state index is 12.4. The average molecular weight is 320 g/mol. The van der Waals surface area contributed by atoms with Crippen LogP contribution in [0.15, 0.2) is 17.0 Å². The Kier molecular flexibility index (Phi) is 4.54. The lowest BCUT2D eigenvalue weighted by atomic mass is 9.90. The first-order chi connectivity index (χ1) is 10.7. The van der Waals surface area contributed by atoms with Gasteiger partial charge in [-0.3, -0.25) is 4.79 Å². The summed E-state index contributed by atoms with van der Waals surface area (Å²) in [6.45, 7) is 1.84. The Morgan fingerprint density at radius 1 is 1.45 bits per heavy atom. The predicted octanol–water partition coefficient (Wildman–Crippen LogP) is 2.05. The number of amides is 1. The third-order valence-electron chi connectivity index (χ3n) is 4.21. The van der Waals surface area contributed by atoms with Crippen molar-refractivity contribution in [3.8, 4) is 0 Å². The molecule has 0 aromatic carbocycles. The number of aryl methyl sites for hydroxylation is 1. The van der Waals surface area contributed by atoms with E-state index in [1.807, 2.05) is 17.7 Å². The lowest BCUT2D eigenvalue weighted by Gasteiger charge is -2.32. The Bertz CT molecular complexity index is 652. The molecule has 1 aliphatic rings. The van der Waals surface area contributed by atoms with Crippen molar-refractivity contribution in [3.05, 3.63) is 33.8 Å². The molecule has 2 atom stereocenters. The number of hydrogen-bond acceptors (Lipinski definition) is 5. The Morgan fingerprint density at radius 3 is 2.95 bits per heavy atom. The van der Waals surface area contributed by atoms with E-state index in [9.17, 15) is 4.79 Å². The van der Waals surface area contributed by atoms with E-state index in [0.29, 0.717) is 5.69 Å². The number of nitrogens with zero attached hydrogens (tertiary/aromatic N) is 3. The van der Waals surface area contributed by atoms with Gasteiger partial charge in [0.1, 0.15) is 5.69 Å². The van der Waals surface area contributed by atoms with Crippen molar-refractivity contribution in [1.29, 1.82) is 0 Å². The van der Waals surface area contributed by atoms with Gasteiger partial charge in [-0.25, -0.2) is 4.68 Å². The van der Waals surface area contributed by atoms with E-state index in [4.69, 9.17) is 5.11 Å². The monoisotopic (exact) mass is 320 g/mol. The van der Waals surface area contributed by atoms with Gasteiger partial charge >= 0.3 is 0 Å². The number of rotatable bonds is 4. The topological polar surface area (TPSA) is 80.0 Å². The van der Waals surface area contributed by atoms with Crippen molar-refractivity contribution < 1.29 is 9.90 Å². The maximum Gasteiger partial charge on any atom is 0.252 e. The molecule has 0 bridgehead atoms. The highest BCUT2D eigenvalue weighted by Crippen LogP contribution is 2.28. The predicted molar refractivity (Wildman–Crippen MR) is 83.8 cm³/mol. The number of hydrogen-bond donors (Lipinski definition) is 2. The van der Waals surface area contributed by atoms with Gasteiger partial charge < -0.3 is 10.4 Å². The van der Waals surface area contributed by atoms with Crippen LogP contribution in [0.5, 0.6) is 0 Å². The molecule has 2 heterocycles. The van der Waals surface area contributed by atoms with Crippen LogP contribution in [0.4, 0.5) is 0 Å². The standard InChI is InChI=1S/C15H20N4O2S/c1-10-8-22-9-12(10)15(21)16-13-4-2-3-5-14(13)19-6-11(7-20)17-18-19/h6,8-9,13-14,20H,2-5,7H2,1H3,(H,16,21)/t13-,14+/m0/s1. The fraction of sp³-hybridized carbons (Fsp3) is 0.533. The molecule has 22 heavy (non-hydrogen) atoms. The van der Waals surface area contributed by atoms with Crippen LogP contribution in [0, 0.1) is 6.92 Å². The average Bonchev–Trinajstić information content (AvgIpc) is 3.16. The number of aliphatic hydroxyl groups excluding tert-OH is 1. The van der Waals surface area contributed by atoms with Crippen LogP contribution >= 0.6 is 11.3 Å². The van der Waals surface area contributed by atoms with Crippen LogP contribution < -0.4 is 5.32 Å². The Hall–Kier alpha value is -1.73. The minimum Gasteiger partial charge on any atom is -0.390 e. The maximum atomic E-state index is 12.4. The summed E-state index contributed by atoms with van der Waals surface area (Å²) >= 11 is 1.54. The Morgan fingerprint density at radius 2 is 2.27 bits per heavy atom. The molecule has 0 saturated heterocycles. The first-order valence-corrected chi connectivity index (χ1v) is 8.48. The molecule has 3 rings (SSSR count). The van der Waals surface area contributed by atoms with E-state index in [1.54, 1.807) is 22.2 Å². The van der Waals surface area contributed by atoms with Crippen LogP contribution in [0.1, 0.15) is 53.3 Å². The van der Waals surface area contributed by atoms with Crippen LogP contribution in [-0.4, -0.2) is 32.0 Å². The van der Waals surface area contributed by atoms with Gasteiger partial charge in [0.05, 0.1) is 30.5 Å². The number of carbonyl (C=O) groups excluding carboxylic acids is 1. The summed E-state index contributed by atoms with van der Waals surface area (Å²) < 4.78 is 1.79. The Balaban J connectivity index is 1.75. The van der Waals surface area contributed by atoms with Crippen molar-refractivity contribution >= 4 is 17.2 Å². The molecule has 0 aliphatic heterocycles. The first kappa shape index (κ1) is 15.2. The van der Waals surface area contributed by atoms with Crippen LogP contribution in [0.25, 0.3) is 0 Å². The smallest absolute Gasteiger partial charge is 0.252 e. The van der Waals surface area contributed by atoms with Crippen molar-refractivity contribution in [3.63, 3.8) is 0 Å². The molecular weight excluding hydrogens is 300 g/mol. The van der Waals surface area contributed by atoms with E-state index in [2.05, 4.69) is 15.6 Å². The van der Waals surface area contributed by atoms with Crippen LogP contribution in [-0.2, 0) is 6.61 Å². The molecule has 0 unspecified atom stereocenters. The van der Waals surface area contributed by atoms with Crippen LogP contribution in [0.2, 0.25) is 0 Å². The van der Waals surface area contributed by atoms with Gasteiger partial charge in [-0.15, -0.1) is 5.10 Å². The molecule has 2 aromatic rings. The first-order valence-electron chi connectivity index (χ1n) is 7.54. The fourth-order valence-electron chi connectivity index (χ4n) is 2.98. The largest absolute Gasteiger partial charge is 0.390 e. The minimum atomic E-state index is -0.113. The summed E-state index contributed by atoms with van der Waals surface area (Å²) in [6, 6.07) is 0.151. The molecule has 0 spiro atoms.